The molecule has 1 N–H and O–H groups in total. The molecule has 26 heavy (non-hydrogen) atoms. The molecule has 1 aromatic rings. The molecule has 1 unspecified atom stereocenters. The van der Waals surface area contributed by atoms with Crippen LogP contribution in [0.5, 0.6) is 0 Å². The van der Waals surface area contributed by atoms with Crippen LogP contribution in [0.15, 0.2) is 35.9 Å². The van der Waals surface area contributed by atoms with Crippen LogP contribution in [-0.4, -0.2) is 5.71 Å². The molecule has 0 bridgehead atoms. The van der Waals surface area contributed by atoms with Gasteiger partial charge in [0, 0.05) is 5.92 Å². The number of nitrogens with zero attached hydrogens (tertiary/aromatic N) is 3. The van der Waals surface area contributed by atoms with Crippen LogP contribution in [0.3, 0.4) is 0 Å². The van der Waals surface area contributed by atoms with Crippen LogP contribution in [0, 0.1) is 62.6 Å². The second-order valence-corrected chi connectivity index (χ2v) is 7.46. The first-order valence-electron chi connectivity index (χ1n) is 9.12. The SMILES string of the molecule is CCc1ccc([C@@H]2C(C#N)C(=N)C(C#N)(C#N)C3=CC[C@@H](C)C[C@H]32)cc1. The number of nitriles is 3. The predicted molar refractivity (Wildman–Crippen MR) is 99.0 cm³/mol. The normalized spacial score (nSPS) is 29.5. The Morgan fingerprint density at radius 1 is 1.15 bits per heavy atom. The topological polar surface area (TPSA) is 95.2 Å². The number of hydrogen-bond acceptors (Lipinski definition) is 4. The van der Waals surface area contributed by atoms with E-state index in [2.05, 4.69) is 44.2 Å². The van der Waals surface area contributed by atoms with E-state index in [0.29, 0.717) is 5.92 Å². The summed E-state index contributed by atoms with van der Waals surface area (Å²) in [5.41, 5.74) is 1.33. The van der Waals surface area contributed by atoms with Gasteiger partial charge in [0.1, 0.15) is 0 Å². The summed E-state index contributed by atoms with van der Waals surface area (Å²) in [6, 6.07) is 14.6. The molecule has 0 aromatic heterocycles. The minimum atomic E-state index is -1.59. The van der Waals surface area contributed by atoms with E-state index in [9.17, 15) is 15.8 Å². The van der Waals surface area contributed by atoms with E-state index >= 15 is 0 Å². The van der Waals surface area contributed by atoms with Crippen LogP contribution in [-0.2, 0) is 6.42 Å². The maximum atomic E-state index is 9.84. The highest BCUT2D eigenvalue weighted by Gasteiger charge is 2.56. The molecule has 1 fully saturated rings. The van der Waals surface area contributed by atoms with Gasteiger partial charge < -0.3 is 5.41 Å². The van der Waals surface area contributed by atoms with E-state index in [1.165, 1.54) is 5.56 Å². The predicted octanol–water partition coefficient (Wildman–Crippen LogP) is 4.51. The molecule has 0 aliphatic heterocycles. The van der Waals surface area contributed by atoms with E-state index in [1.807, 2.05) is 18.2 Å². The number of fused-ring (bicyclic) bond motifs is 1. The maximum Gasteiger partial charge on any atom is 0.203 e. The third-order valence-electron chi connectivity index (χ3n) is 5.98. The van der Waals surface area contributed by atoms with E-state index in [-0.39, 0.29) is 17.5 Å². The van der Waals surface area contributed by atoms with Crippen LogP contribution in [0.4, 0.5) is 0 Å². The van der Waals surface area contributed by atoms with Crippen molar-refractivity contribution in [3.05, 3.63) is 47.0 Å². The molecule has 1 saturated carbocycles. The van der Waals surface area contributed by atoms with Gasteiger partial charge in [-0.1, -0.05) is 44.2 Å². The molecule has 0 heterocycles. The summed E-state index contributed by atoms with van der Waals surface area (Å²) in [6.07, 6.45) is 4.58. The third-order valence-corrected chi connectivity index (χ3v) is 5.98. The Hall–Kier alpha value is -2.90. The van der Waals surface area contributed by atoms with Gasteiger partial charge in [0.15, 0.2) is 0 Å². The molecule has 4 heteroatoms. The fourth-order valence-corrected chi connectivity index (χ4v) is 4.53. The Kier molecular flexibility index (Phi) is 4.67. The van der Waals surface area contributed by atoms with E-state index in [1.54, 1.807) is 0 Å². The van der Waals surface area contributed by atoms with E-state index in [0.717, 1.165) is 30.4 Å². The molecule has 0 spiro atoms. The average Bonchev–Trinajstić information content (AvgIpc) is 2.68. The van der Waals surface area contributed by atoms with Crippen molar-refractivity contribution in [2.75, 3.05) is 0 Å². The number of nitrogens with one attached hydrogen (secondary N) is 1. The quantitative estimate of drug-likeness (QED) is 0.801. The summed E-state index contributed by atoms with van der Waals surface area (Å²) in [4.78, 5) is 0. The first-order chi connectivity index (χ1) is 12.5. The first-order valence-corrected chi connectivity index (χ1v) is 9.12. The van der Waals surface area contributed by atoms with Gasteiger partial charge in [0.25, 0.3) is 0 Å². The van der Waals surface area contributed by atoms with E-state index < -0.39 is 11.3 Å². The lowest BCUT2D eigenvalue weighted by Crippen LogP contribution is -2.48. The molecular weight excluding hydrogens is 320 g/mol. The molecule has 0 radical (unpaired) electrons. The van der Waals surface area contributed by atoms with Crippen molar-refractivity contribution >= 4 is 5.71 Å². The van der Waals surface area contributed by atoms with E-state index in [4.69, 9.17) is 5.41 Å². The summed E-state index contributed by atoms with van der Waals surface area (Å²) in [7, 11) is 0. The number of rotatable bonds is 2. The Bertz CT molecular complexity index is 859. The zero-order chi connectivity index (χ0) is 18.9. The van der Waals surface area contributed by atoms with Crippen molar-refractivity contribution < 1.29 is 0 Å². The smallest absolute Gasteiger partial charge is 0.203 e. The minimum Gasteiger partial charge on any atom is -0.305 e. The summed E-state index contributed by atoms with van der Waals surface area (Å²) in [6.45, 7) is 4.26. The van der Waals surface area contributed by atoms with Crippen LogP contribution in [0.1, 0.15) is 43.7 Å². The minimum absolute atomic E-state index is 0.0516. The van der Waals surface area contributed by atoms with Crippen LogP contribution in [0.2, 0.25) is 0 Å². The Morgan fingerprint density at radius 2 is 1.81 bits per heavy atom. The highest BCUT2D eigenvalue weighted by Crippen LogP contribution is 2.55. The Morgan fingerprint density at radius 3 is 2.35 bits per heavy atom. The zero-order valence-corrected chi connectivity index (χ0v) is 15.2. The number of allylic oxidation sites excluding steroid dienone is 2. The fourth-order valence-electron chi connectivity index (χ4n) is 4.53. The van der Waals surface area contributed by atoms with Crippen LogP contribution < -0.4 is 0 Å². The lowest BCUT2D eigenvalue weighted by Gasteiger charge is -2.46. The molecule has 4 nitrogen and oxygen atoms in total. The second-order valence-electron chi connectivity index (χ2n) is 7.46. The molecule has 0 saturated heterocycles. The summed E-state index contributed by atoms with van der Waals surface area (Å²) in [5.74, 6) is -0.552. The van der Waals surface area contributed by atoms with Crippen molar-refractivity contribution in [3.63, 3.8) is 0 Å². The van der Waals surface area contributed by atoms with Crippen molar-refractivity contribution in [2.24, 2.45) is 23.2 Å². The third kappa shape index (κ3) is 2.53. The summed E-state index contributed by atoms with van der Waals surface area (Å²) in [5, 5.41) is 38.0. The summed E-state index contributed by atoms with van der Waals surface area (Å²) >= 11 is 0. The van der Waals surface area contributed by atoms with Gasteiger partial charge in [0.05, 0.1) is 29.8 Å². The van der Waals surface area contributed by atoms with Gasteiger partial charge in [-0.2, -0.15) is 15.8 Å². The molecule has 1 aromatic carbocycles. The number of hydrogen-bond donors (Lipinski definition) is 1. The number of aryl methyl sites for hydroxylation is 1. The largest absolute Gasteiger partial charge is 0.305 e. The van der Waals surface area contributed by atoms with Crippen molar-refractivity contribution in [1.29, 1.82) is 21.2 Å². The molecule has 2 aliphatic carbocycles. The van der Waals surface area contributed by atoms with Crippen molar-refractivity contribution in [2.45, 2.75) is 39.0 Å². The first kappa shape index (κ1) is 17.9. The van der Waals surface area contributed by atoms with Gasteiger partial charge in [-0.25, -0.2) is 0 Å². The lowest BCUT2D eigenvalue weighted by atomic mass is 9.53. The van der Waals surface area contributed by atoms with Crippen LogP contribution in [0.25, 0.3) is 0 Å². The van der Waals surface area contributed by atoms with Crippen molar-refractivity contribution in [1.82, 2.24) is 0 Å². The van der Waals surface area contributed by atoms with Gasteiger partial charge in [-0.3, -0.25) is 0 Å². The molecule has 2 aliphatic rings. The zero-order valence-electron chi connectivity index (χ0n) is 15.2. The van der Waals surface area contributed by atoms with Crippen molar-refractivity contribution in [3.8, 4) is 18.2 Å². The fraction of sp³-hybridized carbons (Fsp3) is 0.455. The highest BCUT2D eigenvalue weighted by molar-refractivity contribution is 6.01. The van der Waals surface area contributed by atoms with Gasteiger partial charge in [0.2, 0.25) is 5.41 Å². The lowest BCUT2D eigenvalue weighted by molar-refractivity contribution is 0.299. The number of benzene rings is 1. The molecule has 0 amide bonds. The van der Waals surface area contributed by atoms with Gasteiger partial charge in [-0.05, 0) is 47.8 Å². The van der Waals surface area contributed by atoms with Gasteiger partial charge in [-0.15, -0.1) is 0 Å². The average molecular weight is 342 g/mol. The summed E-state index contributed by atoms with van der Waals surface area (Å²) < 4.78 is 0. The second kappa shape index (κ2) is 6.78. The van der Waals surface area contributed by atoms with Gasteiger partial charge >= 0.3 is 0 Å². The monoisotopic (exact) mass is 342 g/mol. The highest BCUT2D eigenvalue weighted by atomic mass is 14.6. The van der Waals surface area contributed by atoms with Crippen LogP contribution >= 0.6 is 0 Å². The standard InChI is InChI=1S/C22H22N4/c1-3-15-5-7-16(8-6-15)20-17-10-14(2)4-9-19(17)22(12-24,13-25)21(26)18(20)11-23/h5-9,14,17-18,20,26H,3-4,10H2,1-2H3/t14-,17-,18?,20+/m1/s1. The Balaban J connectivity index is 2.18. The maximum absolute atomic E-state index is 9.84. The molecule has 4 atom stereocenters. The molecule has 3 rings (SSSR count). The molecule has 130 valence electrons. The Labute approximate surface area is 154 Å². The molecular formula is C22H22N4.